The van der Waals surface area contributed by atoms with Crippen LogP contribution in [-0.2, 0) is 17.6 Å². The van der Waals surface area contributed by atoms with E-state index in [0.717, 1.165) is 47.7 Å². The Bertz CT molecular complexity index is 1590. The van der Waals surface area contributed by atoms with Crippen molar-refractivity contribution < 1.29 is 14.2 Å². The number of methoxy groups -OCH3 is 3. The maximum Gasteiger partial charge on any atom is 0.137 e. The van der Waals surface area contributed by atoms with Crippen LogP contribution in [0, 0.1) is 24.2 Å². The van der Waals surface area contributed by atoms with Crippen LogP contribution in [0.1, 0.15) is 67.3 Å². The highest BCUT2D eigenvalue weighted by Gasteiger charge is 2.62. The first-order valence-electron chi connectivity index (χ1n) is 15.2. The van der Waals surface area contributed by atoms with E-state index >= 15 is 0 Å². The van der Waals surface area contributed by atoms with E-state index in [1.165, 1.54) is 42.5 Å². The molecule has 2 heterocycles. The van der Waals surface area contributed by atoms with Gasteiger partial charge in [0, 0.05) is 30.7 Å². The topological polar surface area (TPSA) is 45.0 Å². The molecule has 0 spiro atoms. The molecule has 0 unspecified atom stereocenters. The van der Waals surface area contributed by atoms with Crippen molar-refractivity contribution in [2.45, 2.75) is 70.3 Å². The fourth-order valence-electron chi connectivity index (χ4n) is 9.09. The summed E-state index contributed by atoms with van der Waals surface area (Å²) < 4.78 is 20.1. The second-order valence-corrected chi connectivity index (χ2v) is 12.9. The summed E-state index contributed by atoms with van der Waals surface area (Å²) in [6.45, 7) is 4.71. The molecule has 0 aliphatic heterocycles. The van der Waals surface area contributed by atoms with E-state index in [-0.39, 0.29) is 11.0 Å². The van der Waals surface area contributed by atoms with E-state index in [1.807, 2.05) is 19.2 Å². The minimum atomic E-state index is -0.232. The number of hydrogen-bond donors (Lipinski definition) is 0. The van der Waals surface area contributed by atoms with Gasteiger partial charge >= 0.3 is 0 Å². The molecule has 4 aromatic rings. The van der Waals surface area contributed by atoms with E-state index in [2.05, 4.69) is 66.9 Å². The molecule has 2 aromatic heterocycles. The molecule has 3 aliphatic carbocycles. The molecule has 2 fully saturated rings. The predicted molar refractivity (Wildman–Crippen MR) is 163 cm³/mol. The van der Waals surface area contributed by atoms with Gasteiger partial charge in [-0.1, -0.05) is 19.1 Å². The van der Waals surface area contributed by atoms with Crippen LogP contribution in [0.5, 0.6) is 11.5 Å². The maximum atomic E-state index is 6.75. The highest BCUT2D eigenvalue weighted by Crippen LogP contribution is 2.66. The van der Waals surface area contributed by atoms with Crippen LogP contribution in [0.4, 0.5) is 0 Å². The number of rotatable bonds is 6. The summed E-state index contributed by atoms with van der Waals surface area (Å²) in [6.07, 6.45) is 10.2. The van der Waals surface area contributed by atoms with Crippen LogP contribution in [-0.4, -0.2) is 36.3 Å². The lowest BCUT2D eigenvalue weighted by atomic mass is 9.52. The normalized spacial score (nSPS) is 28.7. The average molecular weight is 551 g/mol. The van der Waals surface area contributed by atoms with Crippen LogP contribution >= 0.6 is 0 Å². The third-order valence-corrected chi connectivity index (χ3v) is 11.3. The summed E-state index contributed by atoms with van der Waals surface area (Å²) in [4.78, 5) is 5.17. The van der Waals surface area contributed by atoms with Gasteiger partial charge in [0.05, 0.1) is 31.2 Å². The number of pyridine rings is 1. The molecule has 7 rings (SSSR count). The van der Waals surface area contributed by atoms with Gasteiger partial charge in [0.2, 0.25) is 0 Å². The average Bonchev–Trinajstić information content (AvgIpc) is 3.51. The smallest absolute Gasteiger partial charge is 0.137 e. The van der Waals surface area contributed by atoms with Gasteiger partial charge < -0.3 is 18.6 Å². The van der Waals surface area contributed by atoms with Gasteiger partial charge in [-0.05, 0) is 122 Å². The van der Waals surface area contributed by atoms with Gasteiger partial charge in [-0.15, -0.1) is 0 Å². The fraction of sp³-hybridized carbons (Fsp3) is 0.472. The van der Waals surface area contributed by atoms with Crippen molar-refractivity contribution in [2.24, 2.45) is 17.3 Å². The number of benzene rings is 2. The Kier molecular flexibility index (Phi) is 6.42. The molecule has 0 radical (unpaired) electrons. The number of ether oxygens (including phenoxy) is 3. The molecule has 214 valence electrons. The molecule has 0 saturated heterocycles. The van der Waals surface area contributed by atoms with E-state index in [0.29, 0.717) is 17.8 Å². The lowest BCUT2D eigenvalue weighted by molar-refractivity contribution is -0.126. The second-order valence-electron chi connectivity index (χ2n) is 12.9. The molecule has 0 bridgehead atoms. The van der Waals surface area contributed by atoms with Crippen molar-refractivity contribution in [1.29, 1.82) is 0 Å². The quantitative estimate of drug-likeness (QED) is 0.246. The largest absolute Gasteiger partial charge is 0.497 e. The zero-order chi connectivity index (χ0) is 28.4. The first kappa shape index (κ1) is 26.6. The van der Waals surface area contributed by atoms with E-state index in [4.69, 9.17) is 19.2 Å². The van der Waals surface area contributed by atoms with Crippen LogP contribution in [0.2, 0.25) is 0 Å². The molecular weight excluding hydrogens is 508 g/mol. The summed E-state index contributed by atoms with van der Waals surface area (Å²) in [7, 11) is 5.45. The van der Waals surface area contributed by atoms with Crippen molar-refractivity contribution in [3.05, 3.63) is 83.2 Å². The van der Waals surface area contributed by atoms with Crippen molar-refractivity contribution in [2.75, 3.05) is 21.3 Å². The monoisotopic (exact) mass is 550 g/mol. The van der Waals surface area contributed by atoms with Crippen molar-refractivity contribution in [1.82, 2.24) is 9.38 Å². The molecular formula is C36H42N2O3. The van der Waals surface area contributed by atoms with Gasteiger partial charge in [-0.3, -0.25) is 0 Å². The first-order valence-corrected chi connectivity index (χ1v) is 15.2. The molecule has 0 N–H and O–H groups in total. The lowest BCUT2D eigenvalue weighted by Gasteiger charge is -2.54. The Morgan fingerprint density at radius 3 is 2.44 bits per heavy atom. The first-order chi connectivity index (χ1) is 19.9. The Labute approximate surface area is 243 Å². The Hall–Kier alpha value is -3.31. The zero-order valence-corrected chi connectivity index (χ0v) is 25.1. The van der Waals surface area contributed by atoms with Crippen LogP contribution in [0.15, 0.2) is 60.8 Å². The molecule has 5 atom stereocenters. The lowest BCUT2D eigenvalue weighted by Crippen LogP contribution is -2.53. The van der Waals surface area contributed by atoms with Crippen molar-refractivity contribution in [3.63, 3.8) is 0 Å². The molecule has 41 heavy (non-hydrogen) atoms. The van der Waals surface area contributed by atoms with Gasteiger partial charge in [0.25, 0.3) is 0 Å². The molecule has 2 aromatic carbocycles. The Morgan fingerprint density at radius 2 is 1.68 bits per heavy atom. The van der Waals surface area contributed by atoms with Gasteiger partial charge in [-0.2, -0.15) is 0 Å². The minimum absolute atomic E-state index is 0.109. The number of fused-ring (bicyclic) bond motifs is 6. The summed E-state index contributed by atoms with van der Waals surface area (Å²) in [5, 5.41) is 0. The zero-order valence-electron chi connectivity index (χ0n) is 25.1. The fourth-order valence-corrected chi connectivity index (χ4v) is 9.09. The summed E-state index contributed by atoms with van der Waals surface area (Å²) in [5.74, 6) is 3.85. The Morgan fingerprint density at radius 1 is 0.902 bits per heavy atom. The predicted octanol–water partition coefficient (Wildman–Crippen LogP) is 7.81. The summed E-state index contributed by atoms with van der Waals surface area (Å²) >= 11 is 0. The molecule has 5 heteroatoms. The highest BCUT2D eigenvalue weighted by atomic mass is 16.5. The summed E-state index contributed by atoms with van der Waals surface area (Å²) in [6, 6.07) is 19.4. The molecule has 0 amide bonds. The third kappa shape index (κ3) is 4.03. The summed E-state index contributed by atoms with van der Waals surface area (Å²) in [5.41, 5.74) is 8.59. The molecule has 3 aliphatic rings. The van der Waals surface area contributed by atoms with E-state index in [9.17, 15) is 0 Å². The number of aryl methyl sites for hydroxylation is 2. The third-order valence-electron chi connectivity index (χ3n) is 11.3. The number of hydrogen-bond acceptors (Lipinski definition) is 4. The highest BCUT2D eigenvalue weighted by molar-refractivity contribution is 5.67. The van der Waals surface area contributed by atoms with E-state index < -0.39 is 0 Å². The number of imidazole rings is 1. The standard InChI is InChI=1S/C36H42N2O3/c1-23-6-15-33-37-34(24-7-10-26(39-3)11-8-24)32(38(33)22-23)21-36(41-5)19-17-31-30-13-9-25-20-27(40-4)12-14-28(25)29(30)16-18-35(31,36)2/h6-8,10-12,14-15,20,22,29-31H,9,13,16-19,21H2,1-5H3/t29-,30-,31+,35+,36-/m1/s1. The van der Waals surface area contributed by atoms with E-state index in [1.54, 1.807) is 19.8 Å². The maximum absolute atomic E-state index is 6.75. The Balaban J connectivity index is 1.27. The number of nitrogens with zero attached hydrogens (tertiary/aromatic N) is 2. The van der Waals surface area contributed by atoms with Crippen LogP contribution in [0.3, 0.4) is 0 Å². The van der Waals surface area contributed by atoms with Crippen molar-refractivity contribution in [3.8, 4) is 22.8 Å². The van der Waals surface area contributed by atoms with Gasteiger partial charge in [0.1, 0.15) is 17.1 Å². The van der Waals surface area contributed by atoms with Crippen LogP contribution < -0.4 is 9.47 Å². The number of aromatic nitrogens is 2. The second kappa shape index (κ2) is 9.90. The van der Waals surface area contributed by atoms with Gasteiger partial charge in [-0.25, -0.2) is 4.98 Å². The minimum Gasteiger partial charge on any atom is -0.497 e. The van der Waals surface area contributed by atoms with Crippen LogP contribution in [0.25, 0.3) is 16.9 Å². The van der Waals surface area contributed by atoms with Gasteiger partial charge in [0.15, 0.2) is 0 Å². The molecule has 5 nitrogen and oxygen atoms in total. The van der Waals surface area contributed by atoms with Crippen molar-refractivity contribution >= 4 is 5.65 Å². The SMILES string of the molecule is COc1ccc(-c2nc3ccc(C)cn3c2C[C@]2(OC)CC[C@H]3[C@@H]4CCc5cc(OC)ccc5[C@H]4CC[C@@]32C)cc1. The molecule has 2 saturated carbocycles.